The Morgan fingerprint density at radius 3 is 3.00 bits per heavy atom. The van der Waals surface area contributed by atoms with Crippen molar-refractivity contribution in [2.45, 2.75) is 5.03 Å². The molecule has 7 heteroatoms. The van der Waals surface area contributed by atoms with E-state index in [-0.39, 0.29) is 5.03 Å². The average molecular weight is 204 g/mol. The summed E-state index contributed by atoms with van der Waals surface area (Å²) in [5.41, 5.74) is 0. The Morgan fingerprint density at radius 1 is 1.58 bits per heavy atom. The summed E-state index contributed by atoms with van der Waals surface area (Å²) in [6.45, 7) is 0. The molecule has 0 fully saturated rings. The molecule has 0 spiro atoms. The van der Waals surface area contributed by atoms with E-state index in [1.807, 2.05) is 0 Å². The summed E-state index contributed by atoms with van der Waals surface area (Å²) in [5, 5.41) is 1.50. The fourth-order valence-corrected chi connectivity index (χ4v) is 2.23. The minimum atomic E-state index is -4.15. The van der Waals surface area contributed by atoms with Crippen molar-refractivity contribution in [3.8, 4) is 0 Å². The van der Waals surface area contributed by atoms with Crippen molar-refractivity contribution in [3.05, 3.63) is 17.8 Å². The van der Waals surface area contributed by atoms with Crippen LogP contribution in [0.25, 0.3) is 4.96 Å². The lowest BCUT2D eigenvalue weighted by Gasteiger charge is -1.90. The van der Waals surface area contributed by atoms with E-state index in [0.29, 0.717) is 4.96 Å². The SMILES string of the molecule is O=S(=O)(O)c1cnc2sccn12. The van der Waals surface area contributed by atoms with Gasteiger partial charge in [-0.2, -0.15) is 8.42 Å². The third-order valence-electron chi connectivity index (χ3n) is 1.38. The largest absolute Gasteiger partial charge is 0.312 e. The van der Waals surface area contributed by atoms with E-state index in [9.17, 15) is 8.42 Å². The van der Waals surface area contributed by atoms with Gasteiger partial charge in [-0.1, -0.05) is 0 Å². The lowest BCUT2D eigenvalue weighted by molar-refractivity contribution is 0.478. The van der Waals surface area contributed by atoms with Crippen molar-refractivity contribution in [1.29, 1.82) is 0 Å². The zero-order chi connectivity index (χ0) is 8.77. The molecule has 0 aliphatic rings. The standard InChI is InChI=1S/C5H4N2O3S2/c8-12(9,10)4-3-6-5-7(4)1-2-11-5/h1-3H,(H,8,9,10). The minimum Gasteiger partial charge on any atom is -0.281 e. The topological polar surface area (TPSA) is 71.7 Å². The molecular formula is C5H4N2O3S2. The Kier molecular flexibility index (Phi) is 1.47. The van der Waals surface area contributed by atoms with E-state index in [0.717, 1.165) is 6.20 Å². The van der Waals surface area contributed by atoms with Crippen LogP contribution in [-0.4, -0.2) is 22.4 Å². The van der Waals surface area contributed by atoms with Crippen LogP contribution in [0.3, 0.4) is 0 Å². The Labute approximate surface area is 72.0 Å². The molecule has 12 heavy (non-hydrogen) atoms. The lowest BCUT2D eigenvalue weighted by atomic mass is 10.9. The maximum Gasteiger partial charge on any atom is 0.312 e. The Hall–Kier alpha value is -0.920. The summed E-state index contributed by atoms with van der Waals surface area (Å²) in [6.07, 6.45) is 2.66. The summed E-state index contributed by atoms with van der Waals surface area (Å²) in [6, 6.07) is 0. The molecule has 2 heterocycles. The number of rotatable bonds is 1. The Balaban J connectivity index is 2.87. The summed E-state index contributed by atoms with van der Waals surface area (Å²) in [5.74, 6) is 0. The van der Waals surface area contributed by atoms with E-state index < -0.39 is 10.1 Å². The maximum atomic E-state index is 10.7. The molecule has 2 rings (SSSR count). The van der Waals surface area contributed by atoms with Gasteiger partial charge in [0.15, 0.2) is 9.99 Å². The molecule has 0 aliphatic heterocycles. The quantitative estimate of drug-likeness (QED) is 0.692. The zero-order valence-electron chi connectivity index (χ0n) is 5.71. The fourth-order valence-electron chi connectivity index (χ4n) is 0.897. The van der Waals surface area contributed by atoms with Crippen molar-refractivity contribution < 1.29 is 13.0 Å². The van der Waals surface area contributed by atoms with Gasteiger partial charge in [-0.3, -0.25) is 8.95 Å². The van der Waals surface area contributed by atoms with Crippen LogP contribution in [0, 0.1) is 0 Å². The molecule has 0 saturated carbocycles. The van der Waals surface area contributed by atoms with Crippen LogP contribution in [0.5, 0.6) is 0 Å². The number of imidazole rings is 1. The average Bonchev–Trinajstić information content (AvgIpc) is 2.37. The first-order valence-corrected chi connectivity index (χ1v) is 5.29. The summed E-state index contributed by atoms with van der Waals surface area (Å²) < 4.78 is 31.4. The second-order valence-electron chi connectivity index (χ2n) is 2.13. The molecular weight excluding hydrogens is 200 g/mol. The second kappa shape index (κ2) is 2.28. The molecule has 2 aromatic heterocycles. The van der Waals surface area contributed by atoms with Crippen LogP contribution in [0.2, 0.25) is 0 Å². The maximum absolute atomic E-state index is 10.7. The van der Waals surface area contributed by atoms with E-state index in [1.165, 1.54) is 21.9 Å². The first kappa shape index (κ1) is 7.71. The smallest absolute Gasteiger partial charge is 0.281 e. The monoisotopic (exact) mass is 204 g/mol. The predicted octanol–water partition coefficient (Wildman–Crippen LogP) is 0.643. The number of nitrogens with zero attached hydrogens (tertiary/aromatic N) is 2. The fraction of sp³-hybridized carbons (Fsp3) is 0. The van der Waals surface area contributed by atoms with Crippen LogP contribution in [0.15, 0.2) is 22.8 Å². The van der Waals surface area contributed by atoms with Crippen molar-refractivity contribution in [2.24, 2.45) is 0 Å². The molecule has 0 bridgehead atoms. The molecule has 5 nitrogen and oxygen atoms in total. The van der Waals surface area contributed by atoms with Gasteiger partial charge in [0.25, 0.3) is 0 Å². The molecule has 0 aliphatic carbocycles. The normalized spacial score (nSPS) is 12.4. The van der Waals surface area contributed by atoms with E-state index in [2.05, 4.69) is 4.98 Å². The van der Waals surface area contributed by atoms with Gasteiger partial charge in [0.05, 0.1) is 6.20 Å². The first-order valence-electron chi connectivity index (χ1n) is 2.97. The third kappa shape index (κ3) is 1.02. The highest BCUT2D eigenvalue weighted by atomic mass is 32.2. The molecule has 1 N–H and O–H groups in total. The van der Waals surface area contributed by atoms with E-state index in [4.69, 9.17) is 4.55 Å². The Morgan fingerprint density at radius 2 is 2.33 bits per heavy atom. The van der Waals surface area contributed by atoms with E-state index in [1.54, 1.807) is 5.38 Å². The molecule has 0 aromatic carbocycles. The van der Waals surface area contributed by atoms with Gasteiger partial charge in [0, 0.05) is 11.6 Å². The molecule has 0 radical (unpaired) electrons. The molecule has 0 amide bonds. The van der Waals surface area contributed by atoms with Crippen molar-refractivity contribution >= 4 is 26.4 Å². The van der Waals surface area contributed by atoms with E-state index >= 15 is 0 Å². The van der Waals surface area contributed by atoms with Crippen LogP contribution in [0.1, 0.15) is 0 Å². The highest BCUT2D eigenvalue weighted by Crippen LogP contribution is 2.15. The molecule has 2 aromatic rings. The third-order valence-corrected chi connectivity index (χ3v) is 2.98. The lowest BCUT2D eigenvalue weighted by Crippen LogP contribution is -2.00. The summed E-state index contributed by atoms with van der Waals surface area (Å²) in [4.78, 5) is 4.33. The number of hydrogen-bond acceptors (Lipinski definition) is 4. The highest BCUT2D eigenvalue weighted by molar-refractivity contribution is 7.85. The van der Waals surface area contributed by atoms with Crippen LogP contribution in [-0.2, 0) is 10.1 Å². The number of thiazole rings is 1. The van der Waals surface area contributed by atoms with Gasteiger partial charge in [-0.25, -0.2) is 4.98 Å². The van der Waals surface area contributed by atoms with Crippen molar-refractivity contribution in [3.63, 3.8) is 0 Å². The number of hydrogen-bond donors (Lipinski definition) is 1. The van der Waals surface area contributed by atoms with Crippen LogP contribution < -0.4 is 0 Å². The number of fused-ring (bicyclic) bond motifs is 1. The second-order valence-corrected chi connectivity index (χ2v) is 4.37. The van der Waals surface area contributed by atoms with Gasteiger partial charge in [-0.05, 0) is 0 Å². The van der Waals surface area contributed by atoms with Gasteiger partial charge in [0.2, 0.25) is 0 Å². The van der Waals surface area contributed by atoms with Gasteiger partial charge >= 0.3 is 10.1 Å². The molecule has 0 atom stereocenters. The van der Waals surface area contributed by atoms with Crippen molar-refractivity contribution in [2.75, 3.05) is 0 Å². The van der Waals surface area contributed by atoms with Crippen LogP contribution in [0.4, 0.5) is 0 Å². The van der Waals surface area contributed by atoms with Crippen molar-refractivity contribution in [1.82, 2.24) is 9.38 Å². The van der Waals surface area contributed by atoms with Gasteiger partial charge < -0.3 is 0 Å². The first-order chi connectivity index (χ1) is 5.59. The summed E-state index contributed by atoms with van der Waals surface area (Å²) in [7, 11) is -4.15. The molecule has 64 valence electrons. The molecule has 0 unspecified atom stereocenters. The number of aromatic nitrogens is 2. The Bertz CT molecular complexity index is 510. The van der Waals surface area contributed by atoms with Gasteiger partial charge in [-0.15, -0.1) is 11.3 Å². The molecule has 0 saturated heterocycles. The van der Waals surface area contributed by atoms with Crippen LogP contribution >= 0.6 is 11.3 Å². The minimum absolute atomic E-state index is 0.196. The van der Waals surface area contributed by atoms with Gasteiger partial charge in [0.1, 0.15) is 0 Å². The zero-order valence-corrected chi connectivity index (χ0v) is 7.34. The highest BCUT2D eigenvalue weighted by Gasteiger charge is 2.15. The summed E-state index contributed by atoms with van der Waals surface area (Å²) >= 11 is 1.30. The predicted molar refractivity (Wildman–Crippen MR) is 42.9 cm³/mol.